The molecule has 0 spiro atoms. The molecule has 1 aromatic rings. The Kier molecular flexibility index (Phi) is 4.77. The Labute approximate surface area is 133 Å². The number of hydrogen-bond acceptors (Lipinski definition) is 4. The van der Waals surface area contributed by atoms with Crippen LogP contribution >= 0.6 is 0 Å². The van der Waals surface area contributed by atoms with Gasteiger partial charge in [0, 0.05) is 6.42 Å². The molecule has 2 atom stereocenters. The average molecular weight is 325 g/mol. The molecule has 1 saturated heterocycles. The normalized spacial score (nSPS) is 21.1. The van der Waals surface area contributed by atoms with Gasteiger partial charge in [-0.05, 0) is 45.0 Å². The monoisotopic (exact) mass is 325 g/mol. The van der Waals surface area contributed by atoms with E-state index in [1.807, 2.05) is 0 Å². The molecule has 2 rings (SSSR count). The number of halogens is 1. The van der Waals surface area contributed by atoms with E-state index >= 15 is 0 Å². The van der Waals surface area contributed by atoms with Gasteiger partial charge in [0.2, 0.25) is 0 Å². The van der Waals surface area contributed by atoms with E-state index in [0.29, 0.717) is 5.75 Å². The highest BCUT2D eigenvalue weighted by molar-refractivity contribution is 5.81. The van der Waals surface area contributed by atoms with Gasteiger partial charge in [0.1, 0.15) is 29.3 Å². The summed E-state index contributed by atoms with van der Waals surface area (Å²) in [6, 6.07) is 4.42. The maximum atomic E-state index is 12.9. The van der Waals surface area contributed by atoms with Gasteiger partial charge in [0.15, 0.2) is 0 Å². The average Bonchev–Trinajstić information content (AvgIpc) is 2.84. The Morgan fingerprint density at radius 2 is 1.87 bits per heavy atom. The molecule has 0 saturated carbocycles. The van der Waals surface area contributed by atoms with Gasteiger partial charge in [-0.3, -0.25) is 4.90 Å². The number of nitrogens with zero attached hydrogens (tertiary/aromatic N) is 1. The number of carboxylic acid groups (broad SMARTS) is 1. The molecule has 6 nitrogen and oxygen atoms in total. The second-order valence-electron chi connectivity index (χ2n) is 6.42. The van der Waals surface area contributed by atoms with Crippen LogP contribution in [0.5, 0.6) is 5.75 Å². The van der Waals surface area contributed by atoms with Crippen molar-refractivity contribution in [3.63, 3.8) is 0 Å². The fraction of sp³-hybridized carbons (Fsp3) is 0.500. The van der Waals surface area contributed by atoms with Gasteiger partial charge in [0.25, 0.3) is 0 Å². The Hall–Kier alpha value is -2.31. The highest BCUT2D eigenvalue weighted by Gasteiger charge is 2.42. The lowest BCUT2D eigenvalue weighted by atomic mass is 10.2. The smallest absolute Gasteiger partial charge is 0.411 e. The van der Waals surface area contributed by atoms with Crippen molar-refractivity contribution in [2.24, 2.45) is 0 Å². The van der Waals surface area contributed by atoms with Crippen LogP contribution in [0, 0.1) is 5.82 Å². The quantitative estimate of drug-likeness (QED) is 0.924. The second-order valence-corrected chi connectivity index (χ2v) is 6.42. The van der Waals surface area contributed by atoms with Crippen LogP contribution in [0.4, 0.5) is 9.18 Å². The summed E-state index contributed by atoms with van der Waals surface area (Å²) in [6.07, 6.45) is -1.03. The molecule has 1 aliphatic heterocycles. The predicted molar refractivity (Wildman–Crippen MR) is 79.8 cm³/mol. The molecule has 1 heterocycles. The second kappa shape index (κ2) is 6.44. The number of amides is 1. The molecule has 1 amide bonds. The number of carbonyl (C=O) groups excluding carboxylic acids is 1. The van der Waals surface area contributed by atoms with Gasteiger partial charge in [-0.1, -0.05) is 0 Å². The van der Waals surface area contributed by atoms with Crippen LogP contribution < -0.4 is 4.74 Å². The molecule has 23 heavy (non-hydrogen) atoms. The van der Waals surface area contributed by atoms with Crippen LogP contribution in [0.15, 0.2) is 24.3 Å². The van der Waals surface area contributed by atoms with E-state index in [1.54, 1.807) is 20.8 Å². The number of hydrogen-bond donors (Lipinski definition) is 1. The number of likely N-dealkylation sites (tertiary alicyclic amines) is 1. The van der Waals surface area contributed by atoms with Crippen LogP contribution in [0.2, 0.25) is 0 Å². The van der Waals surface area contributed by atoms with E-state index in [0.717, 1.165) is 4.90 Å². The first kappa shape index (κ1) is 17.1. The molecule has 1 aliphatic rings. The molecular formula is C16H20FNO5. The lowest BCUT2D eigenvalue weighted by Gasteiger charge is -2.26. The van der Waals surface area contributed by atoms with Gasteiger partial charge < -0.3 is 14.6 Å². The maximum absolute atomic E-state index is 12.9. The van der Waals surface area contributed by atoms with Crippen molar-refractivity contribution in [1.29, 1.82) is 0 Å². The van der Waals surface area contributed by atoms with Gasteiger partial charge >= 0.3 is 12.1 Å². The minimum atomic E-state index is -1.11. The van der Waals surface area contributed by atoms with Crippen LogP contribution in [0.25, 0.3) is 0 Å². The predicted octanol–water partition coefficient (Wildman–Crippen LogP) is 2.67. The minimum absolute atomic E-state index is 0.100. The summed E-state index contributed by atoms with van der Waals surface area (Å²) in [5, 5.41) is 9.30. The molecular weight excluding hydrogens is 305 g/mol. The third-order valence-corrected chi connectivity index (χ3v) is 3.29. The number of carbonyl (C=O) groups is 2. The molecule has 2 unspecified atom stereocenters. The Balaban J connectivity index is 2.06. The Morgan fingerprint density at radius 3 is 2.39 bits per heavy atom. The Bertz CT molecular complexity index is 581. The number of carboxylic acids is 1. The van der Waals surface area contributed by atoms with Gasteiger partial charge in [0.05, 0.1) is 6.54 Å². The van der Waals surface area contributed by atoms with Crippen LogP contribution in [0.3, 0.4) is 0 Å². The molecule has 0 bridgehead atoms. The first-order chi connectivity index (χ1) is 10.7. The van der Waals surface area contributed by atoms with Crippen LogP contribution in [-0.2, 0) is 9.53 Å². The number of rotatable bonds is 3. The highest BCUT2D eigenvalue weighted by Crippen LogP contribution is 2.25. The third-order valence-electron chi connectivity index (χ3n) is 3.29. The van der Waals surface area contributed by atoms with Crippen LogP contribution in [-0.4, -0.2) is 46.4 Å². The van der Waals surface area contributed by atoms with Crippen molar-refractivity contribution in [3.05, 3.63) is 30.1 Å². The zero-order valence-electron chi connectivity index (χ0n) is 13.3. The van der Waals surface area contributed by atoms with Crippen molar-refractivity contribution in [1.82, 2.24) is 4.90 Å². The fourth-order valence-electron chi connectivity index (χ4n) is 2.34. The van der Waals surface area contributed by atoms with E-state index in [9.17, 15) is 19.1 Å². The fourth-order valence-corrected chi connectivity index (χ4v) is 2.34. The lowest BCUT2D eigenvalue weighted by Crippen LogP contribution is -2.43. The summed E-state index contributed by atoms with van der Waals surface area (Å²) in [7, 11) is 0. The summed E-state index contributed by atoms with van der Waals surface area (Å²) >= 11 is 0. The van der Waals surface area contributed by atoms with Gasteiger partial charge in [-0.25, -0.2) is 14.0 Å². The number of aliphatic carboxylic acids is 1. The highest BCUT2D eigenvalue weighted by atomic mass is 19.1. The van der Waals surface area contributed by atoms with E-state index in [4.69, 9.17) is 9.47 Å². The van der Waals surface area contributed by atoms with Crippen molar-refractivity contribution in [2.75, 3.05) is 6.54 Å². The topological polar surface area (TPSA) is 76.1 Å². The summed E-state index contributed by atoms with van der Waals surface area (Å²) in [5.74, 6) is -1.07. The standard InChI is InChI=1S/C16H20FNO5/c1-16(2,3)23-15(21)18-9-12(8-13(18)14(19)20)22-11-6-4-10(17)5-7-11/h4-7,12-13H,8-9H2,1-3H3,(H,19,20). The largest absolute Gasteiger partial charge is 0.488 e. The first-order valence-corrected chi connectivity index (χ1v) is 7.30. The first-order valence-electron chi connectivity index (χ1n) is 7.30. The summed E-state index contributed by atoms with van der Waals surface area (Å²) in [5.41, 5.74) is -0.712. The molecule has 0 aromatic heterocycles. The van der Waals surface area contributed by atoms with Crippen molar-refractivity contribution >= 4 is 12.1 Å². The summed E-state index contributed by atoms with van der Waals surface area (Å²) < 4.78 is 23.8. The van der Waals surface area contributed by atoms with E-state index in [1.165, 1.54) is 24.3 Å². The van der Waals surface area contributed by atoms with Crippen molar-refractivity contribution < 1.29 is 28.6 Å². The summed E-state index contributed by atoms with van der Waals surface area (Å²) in [4.78, 5) is 24.7. The molecule has 0 radical (unpaired) electrons. The van der Waals surface area contributed by atoms with E-state index in [-0.39, 0.29) is 18.8 Å². The maximum Gasteiger partial charge on any atom is 0.411 e. The summed E-state index contributed by atoms with van der Waals surface area (Å²) in [6.45, 7) is 5.24. The van der Waals surface area contributed by atoms with E-state index < -0.39 is 29.8 Å². The molecule has 1 aromatic carbocycles. The van der Waals surface area contributed by atoms with Crippen LogP contribution in [0.1, 0.15) is 27.2 Å². The zero-order valence-corrected chi connectivity index (χ0v) is 13.3. The minimum Gasteiger partial charge on any atom is -0.488 e. The van der Waals surface area contributed by atoms with E-state index in [2.05, 4.69) is 0 Å². The number of ether oxygens (including phenoxy) is 2. The van der Waals surface area contributed by atoms with Crippen molar-refractivity contribution in [3.8, 4) is 5.75 Å². The zero-order chi connectivity index (χ0) is 17.2. The lowest BCUT2D eigenvalue weighted by molar-refractivity contribution is -0.142. The molecule has 0 aliphatic carbocycles. The number of benzene rings is 1. The molecule has 7 heteroatoms. The third kappa shape index (κ3) is 4.58. The molecule has 1 N–H and O–H groups in total. The SMILES string of the molecule is CC(C)(C)OC(=O)N1CC(Oc2ccc(F)cc2)CC1C(=O)O. The molecule has 126 valence electrons. The Morgan fingerprint density at radius 1 is 1.26 bits per heavy atom. The van der Waals surface area contributed by atoms with Gasteiger partial charge in [-0.2, -0.15) is 0 Å². The van der Waals surface area contributed by atoms with Crippen molar-refractivity contribution in [2.45, 2.75) is 44.9 Å². The van der Waals surface area contributed by atoms with Gasteiger partial charge in [-0.15, -0.1) is 0 Å². The molecule has 1 fully saturated rings.